The highest BCUT2D eigenvalue weighted by molar-refractivity contribution is 6.31. The van der Waals surface area contributed by atoms with Gasteiger partial charge in [-0.15, -0.1) is 0 Å². The number of amides is 2. The number of para-hydroxylation sites is 2. The zero-order chi connectivity index (χ0) is 21.0. The Morgan fingerprint density at radius 1 is 1.03 bits per heavy atom. The second-order valence-corrected chi connectivity index (χ2v) is 6.99. The van der Waals surface area contributed by atoms with Crippen LogP contribution in [0.25, 0.3) is 5.69 Å². The zero-order valence-electron chi connectivity index (χ0n) is 16.9. The van der Waals surface area contributed by atoms with E-state index in [1.165, 1.54) is 0 Å². The topological polar surface area (TPSA) is 64.5 Å². The van der Waals surface area contributed by atoms with E-state index in [0.717, 1.165) is 28.4 Å². The van der Waals surface area contributed by atoms with E-state index < -0.39 is 0 Å². The molecule has 0 saturated carbocycles. The molecule has 0 atom stereocenters. The van der Waals surface area contributed by atoms with Crippen LogP contribution in [-0.4, -0.2) is 24.8 Å². The average molecular weight is 414 g/mol. The molecule has 1 heterocycles. The number of anilines is 1. The van der Waals surface area contributed by atoms with Crippen LogP contribution >= 0.6 is 11.6 Å². The van der Waals surface area contributed by atoms with Gasteiger partial charge in [0.1, 0.15) is 11.5 Å². The summed E-state index contributed by atoms with van der Waals surface area (Å²) in [5, 5.41) is 6.18. The van der Waals surface area contributed by atoms with Gasteiger partial charge in [0.25, 0.3) is 0 Å². The summed E-state index contributed by atoms with van der Waals surface area (Å²) in [6.45, 7) is 4.43. The first-order chi connectivity index (χ1) is 13.9. The number of ether oxygens (including phenoxy) is 2. The van der Waals surface area contributed by atoms with Gasteiger partial charge >= 0.3 is 6.03 Å². The van der Waals surface area contributed by atoms with Gasteiger partial charge in [0.2, 0.25) is 0 Å². The highest BCUT2D eigenvalue weighted by atomic mass is 35.5. The van der Waals surface area contributed by atoms with Gasteiger partial charge in [-0.05, 0) is 55.8 Å². The molecule has 0 unspecified atom stereocenters. The summed E-state index contributed by atoms with van der Waals surface area (Å²) in [5.41, 5.74) is 4.58. The van der Waals surface area contributed by atoms with E-state index in [1.54, 1.807) is 32.4 Å². The summed E-state index contributed by atoms with van der Waals surface area (Å²) in [7, 11) is 3.20. The molecule has 0 bridgehead atoms. The van der Waals surface area contributed by atoms with E-state index in [4.69, 9.17) is 21.1 Å². The average Bonchev–Trinajstić information content (AvgIpc) is 2.99. The lowest BCUT2D eigenvalue weighted by Gasteiger charge is -2.14. The first kappa shape index (κ1) is 20.6. The van der Waals surface area contributed by atoms with Crippen LogP contribution in [0.4, 0.5) is 10.5 Å². The molecular formula is C22H24ClN3O3. The van der Waals surface area contributed by atoms with Gasteiger partial charge in [0, 0.05) is 23.0 Å². The van der Waals surface area contributed by atoms with Crippen molar-refractivity contribution in [1.29, 1.82) is 0 Å². The third kappa shape index (κ3) is 4.49. The molecule has 29 heavy (non-hydrogen) atoms. The predicted octanol–water partition coefficient (Wildman–Crippen LogP) is 5.09. The molecule has 2 N–H and O–H groups in total. The minimum atomic E-state index is -0.340. The zero-order valence-corrected chi connectivity index (χ0v) is 17.6. The summed E-state index contributed by atoms with van der Waals surface area (Å²) in [6, 6.07) is 14.6. The maximum absolute atomic E-state index is 12.4. The van der Waals surface area contributed by atoms with Crippen molar-refractivity contribution < 1.29 is 14.3 Å². The Morgan fingerprint density at radius 2 is 1.76 bits per heavy atom. The maximum atomic E-state index is 12.4. The summed E-state index contributed by atoms with van der Waals surface area (Å²) in [6.07, 6.45) is 0. The molecule has 152 valence electrons. The molecular weight excluding hydrogens is 390 g/mol. The van der Waals surface area contributed by atoms with Gasteiger partial charge in [-0.3, -0.25) is 0 Å². The highest BCUT2D eigenvalue weighted by Crippen LogP contribution is 2.29. The van der Waals surface area contributed by atoms with Crippen molar-refractivity contribution in [2.45, 2.75) is 20.4 Å². The monoisotopic (exact) mass is 413 g/mol. The molecule has 6 nitrogen and oxygen atoms in total. The number of benzene rings is 2. The van der Waals surface area contributed by atoms with E-state index in [1.807, 2.05) is 38.1 Å². The van der Waals surface area contributed by atoms with Gasteiger partial charge in [0.15, 0.2) is 0 Å². The van der Waals surface area contributed by atoms with Crippen molar-refractivity contribution in [2.24, 2.45) is 0 Å². The van der Waals surface area contributed by atoms with E-state index in [0.29, 0.717) is 23.0 Å². The lowest BCUT2D eigenvalue weighted by molar-refractivity contribution is 0.251. The first-order valence-electron chi connectivity index (χ1n) is 9.14. The Kier molecular flexibility index (Phi) is 6.34. The summed E-state index contributed by atoms with van der Waals surface area (Å²) in [4.78, 5) is 12.4. The molecule has 0 radical (unpaired) electrons. The van der Waals surface area contributed by atoms with Gasteiger partial charge in [-0.2, -0.15) is 0 Å². The largest absolute Gasteiger partial charge is 0.495 e. The number of urea groups is 1. The van der Waals surface area contributed by atoms with E-state index in [9.17, 15) is 4.79 Å². The number of nitrogens with zero attached hydrogens (tertiary/aromatic N) is 1. The Hall–Kier alpha value is -3.12. The molecule has 7 heteroatoms. The Bertz CT molecular complexity index is 1030. The van der Waals surface area contributed by atoms with E-state index in [-0.39, 0.29) is 6.03 Å². The Labute approximate surface area is 175 Å². The fourth-order valence-corrected chi connectivity index (χ4v) is 3.49. The normalized spacial score (nSPS) is 10.5. The molecule has 3 rings (SSSR count). The standard InChI is InChI=1S/C22H24ClN3O3/c1-14-11-16(15(2)26(14)19-7-5-6-8-21(19)29-4)13-24-22(27)25-18-12-17(23)9-10-20(18)28-3/h5-12H,13H2,1-4H3,(H2,24,25,27). The summed E-state index contributed by atoms with van der Waals surface area (Å²) >= 11 is 6.01. The predicted molar refractivity (Wildman–Crippen MR) is 116 cm³/mol. The van der Waals surface area contributed by atoms with Gasteiger partial charge in [-0.1, -0.05) is 23.7 Å². The molecule has 0 aliphatic heterocycles. The van der Waals surface area contributed by atoms with Crippen LogP contribution in [0.5, 0.6) is 11.5 Å². The number of aryl methyl sites for hydroxylation is 1. The quantitative estimate of drug-likeness (QED) is 0.591. The molecule has 1 aromatic heterocycles. The van der Waals surface area contributed by atoms with Crippen molar-refractivity contribution in [2.75, 3.05) is 19.5 Å². The number of hydrogen-bond acceptors (Lipinski definition) is 3. The Balaban J connectivity index is 1.75. The maximum Gasteiger partial charge on any atom is 0.319 e. The van der Waals surface area contributed by atoms with Crippen LogP contribution < -0.4 is 20.1 Å². The number of aromatic nitrogens is 1. The summed E-state index contributed by atoms with van der Waals surface area (Å²) in [5.74, 6) is 1.33. The minimum absolute atomic E-state index is 0.340. The molecule has 3 aromatic rings. The van der Waals surface area contributed by atoms with E-state index in [2.05, 4.69) is 21.3 Å². The van der Waals surface area contributed by atoms with Crippen molar-refractivity contribution in [3.63, 3.8) is 0 Å². The fraction of sp³-hybridized carbons (Fsp3) is 0.227. The van der Waals surface area contributed by atoms with Crippen molar-refractivity contribution in [3.8, 4) is 17.2 Å². The molecule has 2 aromatic carbocycles. The lowest BCUT2D eigenvalue weighted by Crippen LogP contribution is -2.28. The number of carbonyl (C=O) groups is 1. The highest BCUT2D eigenvalue weighted by Gasteiger charge is 2.15. The second-order valence-electron chi connectivity index (χ2n) is 6.56. The third-order valence-electron chi connectivity index (χ3n) is 4.71. The molecule has 0 saturated heterocycles. The number of nitrogens with one attached hydrogen (secondary N) is 2. The molecule has 0 fully saturated rings. The number of methoxy groups -OCH3 is 2. The number of hydrogen-bond donors (Lipinski definition) is 2. The molecule has 0 aliphatic rings. The number of halogens is 1. The lowest BCUT2D eigenvalue weighted by atomic mass is 10.2. The van der Waals surface area contributed by atoms with Gasteiger partial charge in [-0.25, -0.2) is 4.79 Å². The van der Waals surface area contributed by atoms with Gasteiger partial charge in [0.05, 0.1) is 25.6 Å². The molecule has 2 amide bonds. The SMILES string of the molecule is COc1ccc(Cl)cc1NC(=O)NCc1cc(C)n(-c2ccccc2OC)c1C. The van der Waals surface area contributed by atoms with Crippen LogP contribution in [0.15, 0.2) is 48.5 Å². The third-order valence-corrected chi connectivity index (χ3v) is 4.95. The van der Waals surface area contributed by atoms with Gasteiger partial charge < -0.3 is 24.7 Å². The van der Waals surface area contributed by atoms with E-state index >= 15 is 0 Å². The number of rotatable bonds is 6. The summed E-state index contributed by atoms with van der Waals surface area (Å²) < 4.78 is 12.9. The minimum Gasteiger partial charge on any atom is -0.495 e. The molecule has 0 spiro atoms. The first-order valence-corrected chi connectivity index (χ1v) is 9.52. The second kappa shape index (κ2) is 8.92. The molecule has 0 aliphatic carbocycles. The number of carbonyl (C=O) groups excluding carboxylic acids is 1. The van der Waals surface area contributed by atoms with Crippen LogP contribution in [0.2, 0.25) is 5.02 Å². The van der Waals surface area contributed by atoms with Crippen LogP contribution in [0, 0.1) is 13.8 Å². The fourth-order valence-electron chi connectivity index (χ4n) is 3.31. The van der Waals surface area contributed by atoms with Crippen LogP contribution in [0.1, 0.15) is 17.0 Å². The smallest absolute Gasteiger partial charge is 0.319 e. The van der Waals surface area contributed by atoms with Crippen LogP contribution in [-0.2, 0) is 6.54 Å². The Morgan fingerprint density at radius 3 is 2.48 bits per heavy atom. The van der Waals surface area contributed by atoms with Crippen LogP contribution in [0.3, 0.4) is 0 Å². The van der Waals surface area contributed by atoms with Crippen molar-refractivity contribution in [1.82, 2.24) is 9.88 Å². The van der Waals surface area contributed by atoms with Crippen molar-refractivity contribution in [3.05, 3.63) is 70.5 Å². The van der Waals surface area contributed by atoms with Crippen molar-refractivity contribution >= 4 is 23.3 Å².